The lowest BCUT2D eigenvalue weighted by Gasteiger charge is -2.19. The van der Waals surface area contributed by atoms with Crippen LogP contribution in [0.4, 0.5) is 5.69 Å². The number of rotatable bonds is 4. The molecule has 0 N–H and O–H groups in total. The molecule has 0 saturated heterocycles. The van der Waals surface area contributed by atoms with Crippen LogP contribution in [0.2, 0.25) is 5.02 Å². The maximum absolute atomic E-state index is 11.0. The average molecular weight is 228 g/mol. The van der Waals surface area contributed by atoms with Gasteiger partial charge >= 0.3 is 0 Å². The van der Waals surface area contributed by atoms with Crippen LogP contribution in [0.1, 0.15) is 6.92 Å². The summed E-state index contributed by atoms with van der Waals surface area (Å²) >= 11 is 6.05. The molecular weight excluding hydrogens is 214 g/mol. The highest BCUT2D eigenvalue weighted by Crippen LogP contribution is 2.28. The zero-order valence-corrected chi connectivity index (χ0v) is 9.84. The van der Waals surface area contributed by atoms with E-state index in [4.69, 9.17) is 16.3 Å². The van der Waals surface area contributed by atoms with Gasteiger partial charge in [-0.25, -0.2) is 0 Å². The monoisotopic (exact) mass is 227 g/mol. The maximum atomic E-state index is 11.0. The highest BCUT2D eigenvalue weighted by molar-refractivity contribution is 6.33. The zero-order valence-electron chi connectivity index (χ0n) is 9.08. The first kappa shape index (κ1) is 11.9. The van der Waals surface area contributed by atoms with Crippen LogP contribution in [0.15, 0.2) is 18.2 Å². The number of Topliss-reactive ketones (excluding diaryl/α,β-unsaturated/α-hetero) is 1. The van der Waals surface area contributed by atoms with Crippen molar-refractivity contribution in [3.05, 3.63) is 23.2 Å². The van der Waals surface area contributed by atoms with Crippen LogP contribution in [-0.2, 0) is 4.79 Å². The van der Waals surface area contributed by atoms with Crippen LogP contribution in [0.5, 0.6) is 5.75 Å². The van der Waals surface area contributed by atoms with Gasteiger partial charge < -0.3 is 9.64 Å². The van der Waals surface area contributed by atoms with Gasteiger partial charge in [0.05, 0.1) is 24.4 Å². The molecule has 1 aromatic carbocycles. The summed E-state index contributed by atoms with van der Waals surface area (Å²) in [4.78, 5) is 12.8. The minimum Gasteiger partial charge on any atom is -0.497 e. The van der Waals surface area contributed by atoms with Gasteiger partial charge in [-0.15, -0.1) is 0 Å². The first-order valence-electron chi connectivity index (χ1n) is 4.58. The molecule has 1 aromatic rings. The second kappa shape index (κ2) is 5.03. The molecule has 0 bridgehead atoms. The Hall–Kier alpha value is -1.22. The highest BCUT2D eigenvalue weighted by Gasteiger charge is 2.08. The predicted molar refractivity (Wildman–Crippen MR) is 62.0 cm³/mol. The maximum Gasteiger partial charge on any atom is 0.149 e. The third-order valence-electron chi connectivity index (χ3n) is 2.03. The summed E-state index contributed by atoms with van der Waals surface area (Å²) in [6, 6.07) is 5.38. The van der Waals surface area contributed by atoms with Crippen LogP contribution < -0.4 is 9.64 Å². The summed E-state index contributed by atoms with van der Waals surface area (Å²) in [6.45, 7) is 1.90. The molecule has 0 aromatic heterocycles. The molecule has 4 heteroatoms. The number of ketones is 1. The number of halogens is 1. The summed E-state index contributed by atoms with van der Waals surface area (Å²) in [5.41, 5.74) is 0.827. The van der Waals surface area contributed by atoms with Crippen molar-refractivity contribution in [3.63, 3.8) is 0 Å². The number of hydrogen-bond donors (Lipinski definition) is 0. The SMILES string of the molecule is COc1ccc(N(C)CC(C)=O)c(Cl)c1. The average Bonchev–Trinajstić information content (AvgIpc) is 2.16. The predicted octanol–water partition coefficient (Wildman–Crippen LogP) is 2.37. The van der Waals surface area contributed by atoms with E-state index in [9.17, 15) is 4.79 Å². The lowest BCUT2D eigenvalue weighted by molar-refractivity contribution is -0.115. The van der Waals surface area contributed by atoms with E-state index >= 15 is 0 Å². The first-order chi connectivity index (χ1) is 7.04. The van der Waals surface area contributed by atoms with Crippen molar-refractivity contribution in [3.8, 4) is 5.75 Å². The molecule has 1 rings (SSSR count). The molecule has 15 heavy (non-hydrogen) atoms. The summed E-state index contributed by atoms with van der Waals surface area (Å²) in [5.74, 6) is 0.810. The van der Waals surface area contributed by atoms with E-state index in [1.807, 2.05) is 24.1 Å². The summed E-state index contributed by atoms with van der Waals surface area (Å²) in [5, 5.41) is 0.582. The largest absolute Gasteiger partial charge is 0.497 e. The molecule has 0 fully saturated rings. The number of ether oxygens (including phenoxy) is 1. The first-order valence-corrected chi connectivity index (χ1v) is 4.96. The molecule has 0 aliphatic heterocycles. The molecule has 0 spiro atoms. The normalized spacial score (nSPS) is 9.87. The van der Waals surface area contributed by atoms with Crippen molar-refractivity contribution >= 4 is 23.1 Å². The highest BCUT2D eigenvalue weighted by atomic mass is 35.5. The number of nitrogens with zero attached hydrogens (tertiary/aromatic N) is 1. The van der Waals surface area contributed by atoms with Gasteiger partial charge in [-0.3, -0.25) is 4.79 Å². The van der Waals surface area contributed by atoms with Gasteiger partial charge in [0.1, 0.15) is 11.5 Å². The van der Waals surface area contributed by atoms with Gasteiger partial charge in [-0.1, -0.05) is 11.6 Å². The minimum absolute atomic E-state index is 0.101. The third-order valence-corrected chi connectivity index (χ3v) is 2.33. The second-order valence-corrected chi connectivity index (χ2v) is 3.78. The van der Waals surface area contributed by atoms with Crippen LogP contribution >= 0.6 is 11.6 Å². The van der Waals surface area contributed by atoms with Crippen molar-refractivity contribution in [2.24, 2.45) is 0 Å². The number of anilines is 1. The molecule has 0 amide bonds. The fourth-order valence-electron chi connectivity index (χ4n) is 1.34. The van der Waals surface area contributed by atoms with E-state index in [0.29, 0.717) is 17.3 Å². The third kappa shape index (κ3) is 3.13. The van der Waals surface area contributed by atoms with E-state index < -0.39 is 0 Å². The standard InChI is InChI=1S/C11H14ClNO2/c1-8(14)7-13(2)11-5-4-9(15-3)6-10(11)12/h4-6H,7H2,1-3H3. The molecular formula is C11H14ClNO2. The van der Waals surface area contributed by atoms with Crippen molar-refractivity contribution in [1.29, 1.82) is 0 Å². The van der Waals surface area contributed by atoms with Crippen molar-refractivity contribution in [1.82, 2.24) is 0 Å². The van der Waals surface area contributed by atoms with Gasteiger partial charge in [0, 0.05) is 13.1 Å². The Balaban J connectivity index is 2.90. The lowest BCUT2D eigenvalue weighted by atomic mass is 10.2. The Morgan fingerprint density at radius 3 is 2.67 bits per heavy atom. The van der Waals surface area contributed by atoms with E-state index in [-0.39, 0.29) is 5.78 Å². The van der Waals surface area contributed by atoms with Crippen LogP contribution in [-0.4, -0.2) is 26.5 Å². The number of methoxy groups -OCH3 is 1. The molecule has 0 atom stereocenters. The Labute approximate surface area is 94.6 Å². The van der Waals surface area contributed by atoms with Crippen LogP contribution in [0, 0.1) is 0 Å². The Kier molecular flexibility index (Phi) is 3.97. The molecule has 0 saturated carbocycles. The smallest absolute Gasteiger partial charge is 0.149 e. The van der Waals surface area contributed by atoms with Crippen molar-refractivity contribution in [2.75, 3.05) is 25.6 Å². The number of likely N-dealkylation sites (N-methyl/N-ethyl adjacent to an activating group) is 1. The molecule has 82 valence electrons. The molecule has 0 aliphatic carbocycles. The fourth-order valence-corrected chi connectivity index (χ4v) is 1.66. The fraction of sp³-hybridized carbons (Fsp3) is 0.364. The van der Waals surface area contributed by atoms with E-state index in [1.54, 1.807) is 20.1 Å². The quantitative estimate of drug-likeness (QED) is 0.791. The Morgan fingerprint density at radius 1 is 1.53 bits per heavy atom. The van der Waals surface area contributed by atoms with E-state index in [1.165, 1.54) is 0 Å². The Bertz CT molecular complexity index is 366. The summed E-state index contributed by atoms with van der Waals surface area (Å²) in [6.07, 6.45) is 0. The second-order valence-electron chi connectivity index (χ2n) is 3.38. The van der Waals surface area contributed by atoms with Crippen molar-refractivity contribution in [2.45, 2.75) is 6.92 Å². The molecule has 0 aliphatic rings. The number of hydrogen-bond acceptors (Lipinski definition) is 3. The van der Waals surface area contributed by atoms with Gasteiger partial charge in [0.25, 0.3) is 0 Å². The number of benzene rings is 1. The zero-order chi connectivity index (χ0) is 11.4. The van der Waals surface area contributed by atoms with Gasteiger partial charge in [-0.2, -0.15) is 0 Å². The molecule has 0 radical (unpaired) electrons. The lowest BCUT2D eigenvalue weighted by Crippen LogP contribution is -2.23. The van der Waals surface area contributed by atoms with E-state index in [2.05, 4.69) is 0 Å². The van der Waals surface area contributed by atoms with E-state index in [0.717, 1.165) is 5.69 Å². The van der Waals surface area contributed by atoms with Crippen LogP contribution in [0.25, 0.3) is 0 Å². The summed E-state index contributed by atoms with van der Waals surface area (Å²) in [7, 11) is 3.42. The number of carbonyl (C=O) groups is 1. The minimum atomic E-state index is 0.101. The molecule has 3 nitrogen and oxygen atoms in total. The Morgan fingerprint density at radius 2 is 2.20 bits per heavy atom. The van der Waals surface area contributed by atoms with Crippen LogP contribution in [0.3, 0.4) is 0 Å². The molecule has 0 heterocycles. The molecule has 0 unspecified atom stereocenters. The van der Waals surface area contributed by atoms with Crippen molar-refractivity contribution < 1.29 is 9.53 Å². The topological polar surface area (TPSA) is 29.5 Å². The summed E-state index contributed by atoms with van der Waals surface area (Å²) < 4.78 is 5.04. The van der Waals surface area contributed by atoms with Gasteiger partial charge in [0.2, 0.25) is 0 Å². The van der Waals surface area contributed by atoms with Gasteiger partial charge in [0.15, 0.2) is 0 Å². The number of carbonyl (C=O) groups excluding carboxylic acids is 1. The van der Waals surface area contributed by atoms with Gasteiger partial charge in [-0.05, 0) is 19.1 Å².